The van der Waals surface area contributed by atoms with Gasteiger partial charge in [0, 0.05) is 11.4 Å². The van der Waals surface area contributed by atoms with Crippen molar-refractivity contribution in [1.82, 2.24) is 0 Å². The first-order valence-corrected chi connectivity index (χ1v) is 6.81. The van der Waals surface area contributed by atoms with E-state index < -0.39 is 0 Å². The molecule has 0 fully saturated rings. The molecule has 0 aliphatic rings. The maximum atomic E-state index is 11.9. The Balaban J connectivity index is 1.94. The van der Waals surface area contributed by atoms with Gasteiger partial charge in [-0.1, -0.05) is 12.1 Å². The smallest absolute Gasteiger partial charge is 0.262 e. The third-order valence-electron chi connectivity index (χ3n) is 3.13. The Kier molecular flexibility index (Phi) is 4.48. The average molecular weight is 284 g/mol. The number of aryl methyl sites for hydroxylation is 3. The molecule has 2 aromatic rings. The third kappa shape index (κ3) is 4.24. The van der Waals surface area contributed by atoms with E-state index in [9.17, 15) is 4.79 Å². The maximum absolute atomic E-state index is 11.9. The van der Waals surface area contributed by atoms with Crippen LogP contribution < -0.4 is 15.8 Å². The van der Waals surface area contributed by atoms with Crippen molar-refractivity contribution in [2.45, 2.75) is 20.8 Å². The van der Waals surface area contributed by atoms with Gasteiger partial charge in [-0.2, -0.15) is 0 Å². The lowest BCUT2D eigenvalue weighted by molar-refractivity contribution is -0.118. The van der Waals surface area contributed by atoms with Crippen LogP contribution in [0.5, 0.6) is 5.75 Å². The summed E-state index contributed by atoms with van der Waals surface area (Å²) in [6.07, 6.45) is 0. The van der Waals surface area contributed by atoms with Crippen LogP contribution in [0.25, 0.3) is 0 Å². The van der Waals surface area contributed by atoms with E-state index in [-0.39, 0.29) is 12.5 Å². The van der Waals surface area contributed by atoms with Gasteiger partial charge in [0.1, 0.15) is 5.75 Å². The lowest BCUT2D eigenvalue weighted by atomic mass is 10.1. The number of anilines is 2. The summed E-state index contributed by atoms with van der Waals surface area (Å²) < 4.78 is 5.51. The highest BCUT2D eigenvalue weighted by atomic mass is 16.5. The first kappa shape index (κ1) is 14.9. The van der Waals surface area contributed by atoms with Crippen molar-refractivity contribution in [3.8, 4) is 5.75 Å². The molecule has 0 saturated carbocycles. The first-order chi connectivity index (χ1) is 9.94. The zero-order valence-electron chi connectivity index (χ0n) is 12.6. The van der Waals surface area contributed by atoms with Gasteiger partial charge in [-0.25, -0.2) is 0 Å². The van der Waals surface area contributed by atoms with E-state index in [0.717, 1.165) is 16.7 Å². The molecule has 2 rings (SSSR count). The average Bonchev–Trinajstić information content (AvgIpc) is 2.40. The SMILES string of the molecule is Cc1cc(C)cc(OCC(=O)Nc2ccc(C)c(N)c2)c1. The number of carbonyl (C=O) groups is 1. The molecule has 0 heterocycles. The van der Waals surface area contributed by atoms with Crippen LogP contribution in [0.1, 0.15) is 16.7 Å². The van der Waals surface area contributed by atoms with Gasteiger partial charge in [-0.15, -0.1) is 0 Å². The van der Waals surface area contributed by atoms with Gasteiger partial charge >= 0.3 is 0 Å². The maximum Gasteiger partial charge on any atom is 0.262 e. The zero-order valence-corrected chi connectivity index (χ0v) is 12.6. The largest absolute Gasteiger partial charge is 0.484 e. The van der Waals surface area contributed by atoms with E-state index in [4.69, 9.17) is 10.5 Å². The lowest BCUT2D eigenvalue weighted by Gasteiger charge is -2.10. The highest BCUT2D eigenvalue weighted by Crippen LogP contribution is 2.18. The second kappa shape index (κ2) is 6.31. The summed E-state index contributed by atoms with van der Waals surface area (Å²) in [5.41, 5.74) is 10.3. The summed E-state index contributed by atoms with van der Waals surface area (Å²) in [5, 5.41) is 2.77. The van der Waals surface area contributed by atoms with Crippen LogP contribution >= 0.6 is 0 Å². The fraction of sp³-hybridized carbons (Fsp3) is 0.235. The van der Waals surface area contributed by atoms with Crippen molar-refractivity contribution in [2.75, 3.05) is 17.7 Å². The van der Waals surface area contributed by atoms with Gasteiger partial charge in [0.15, 0.2) is 6.61 Å². The van der Waals surface area contributed by atoms with Crippen LogP contribution in [0.15, 0.2) is 36.4 Å². The van der Waals surface area contributed by atoms with Crippen LogP contribution in [-0.2, 0) is 4.79 Å². The second-order valence-electron chi connectivity index (χ2n) is 5.23. The van der Waals surface area contributed by atoms with Gasteiger partial charge in [0.05, 0.1) is 0 Å². The van der Waals surface area contributed by atoms with Gasteiger partial charge < -0.3 is 15.8 Å². The number of nitrogen functional groups attached to an aromatic ring is 1. The number of nitrogens with one attached hydrogen (secondary N) is 1. The molecule has 0 saturated heterocycles. The Morgan fingerprint density at radius 3 is 2.38 bits per heavy atom. The van der Waals surface area contributed by atoms with Crippen molar-refractivity contribution in [3.63, 3.8) is 0 Å². The number of carbonyl (C=O) groups excluding carboxylic acids is 1. The minimum absolute atomic E-state index is 0.0311. The summed E-state index contributed by atoms with van der Waals surface area (Å²) in [6.45, 7) is 5.88. The molecule has 0 atom stereocenters. The van der Waals surface area contributed by atoms with Gasteiger partial charge in [-0.3, -0.25) is 4.79 Å². The van der Waals surface area contributed by atoms with Crippen molar-refractivity contribution in [2.24, 2.45) is 0 Å². The Labute approximate surface area is 124 Å². The third-order valence-corrected chi connectivity index (χ3v) is 3.13. The molecule has 0 radical (unpaired) electrons. The zero-order chi connectivity index (χ0) is 15.4. The van der Waals surface area contributed by atoms with E-state index in [2.05, 4.69) is 11.4 Å². The van der Waals surface area contributed by atoms with E-state index in [1.807, 2.05) is 45.0 Å². The van der Waals surface area contributed by atoms with Gasteiger partial charge in [0.2, 0.25) is 0 Å². The Hall–Kier alpha value is -2.49. The Morgan fingerprint density at radius 2 is 1.76 bits per heavy atom. The van der Waals surface area contributed by atoms with Crippen LogP contribution in [-0.4, -0.2) is 12.5 Å². The monoisotopic (exact) mass is 284 g/mol. The molecular weight excluding hydrogens is 264 g/mol. The molecule has 0 unspecified atom stereocenters. The van der Waals surface area contributed by atoms with Crippen molar-refractivity contribution in [3.05, 3.63) is 53.1 Å². The topological polar surface area (TPSA) is 64.3 Å². The number of hydrogen-bond donors (Lipinski definition) is 2. The molecule has 0 aromatic heterocycles. The highest BCUT2D eigenvalue weighted by Gasteiger charge is 2.05. The van der Waals surface area contributed by atoms with Crippen molar-refractivity contribution >= 4 is 17.3 Å². The van der Waals surface area contributed by atoms with Crippen molar-refractivity contribution in [1.29, 1.82) is 0 Å². The summed E-state index contributed by atoms with van der Waals surface area (Å²) in [4.78, 5) is 11.9. The van der Waals surface area contributed by atoms with Gasteiger partial charge in [-0.05, 0) is 61.7 Å². The summed E-state index contributed by atoms with van der Waals surface area (Å²) in [6, 6.07) is 11.3. The van der Waals surface area contributed by atoms with Crippen LogP contribution in [0.4, 0.5) is 11.4 Å². The molecule has 4 nitrogen and oxygen atoms in total. The fourth-order valence-corrected chi connectivity index (χ4v) is 2.08. The quantitative estimate of drug-likeness (QED) is 0.847. The molecule has 1 amide bonds. The second-order valence-corrected chi connectivity index (χ2v) is 5.23. The molecule has 0 bridgehead atoms. The molecule has 0 aliphatic carbocycles. The number of amides is 1. The minimum Gasteiger partial charge on any atom is -0.484 e. The fourth-order valence-electron chi connectivity index (χ4n) is 2.08. The Bertz CT molecular complexity index is 646. The van der Waals surface area contributed by atoms with Crippen LogP contribution in [0.3, 0.4) is 0 Å². The number of rotatable bonds is 4. The molecule has 0 spiro atoms. The number of ether oxygens (including phenoxy) is 1. The summed E-state index contributed by atoms with van der Waals surface area (Å²) in [7, 11) is 0. The molecule has 2 aromatic carbocycles. The number of nitrogens with two attached hydrogens (primary N) is 1. The molecule has 21 heavy (non-hydrogen) atoms. The molecule has 4 heteroatoms. The van der Waals surface area contributed by atoms with E-state index in [0.29, 0.717) is 17.1 Å². The van der Waals surface area contributed by atoms with E-state index in [1.54, 1.807) is 6.07 Å². The molecule has 0 aliphatic heterocycles. The predicted molar refractivity (Wildman–Crippen MR) is 85.6 cm³/mol. The van der Waals surface area contributed by atoms with E-state index >= 15 is 0 Å². The minimum atomic E-state index is -0.211. The van der Waals surface area contributed by atoms with Gasteiger partial charge in [0.25, 0.3) is 5.91 Å². The van der Waals surface area contributed by atoms with Crippen LogP contribution in [0.2, 0.25) is 0 Å². The number of benzene rings is 2. The molecule has 3 N–H and O–H groups in total. The summed E-state index contributed by atoms with van der Waals surface area (Å²) in [5.74, 6) is 0.489. The van der Waals surface area contributed by atoms with Crippen molar-refractivity contribution < 1.29 is 9.53 Å². The molecular formula is C17H20N2O2. The van der Waals surface area contributed by atoms with Crippen LogP contribution in [0, 0.1) is 20.8 Å². The predicted octanol–water partition coefficient (Wildman–Crippen LogP) is 3.21. The summed E-state index contributed by atoms with van der Waals surface area (Å²) >= 11 is 0. The normalized spacial score (nSPS) is 10.2. The first-order valence-electron chi connectivity index (χ1n) is 6.81. The highest BCUT2D eigenvalue weighted by molar-refractivity contribution is 5.92. The van der Waals surface area contributed by atoms with E-state index in [1.165, 1.54) is 0 Å². The standard InChI is InChI=1S/C17H20N2O2/c1-11-6-12(2)8-15(7-11)21-10-17(20)19-14-5-4-13(3)16(18)9-14/h4-9H,10,18H2,1-3H3,(H,19,20). The number of hydrogen-bond acceptors (Lipinski definition) is 3. The molecule has 110 valence electrons. The lowest BCUT2D eigenvalue weighted by Crippen LogP contribution is -2.20. The Morgan fingerprint density at radius 1 is 1.10 bits per heavy atom.